The van der Waals surface area contributed by atoms with Crippen molar-refractivity contribution in [3.8, 4) is 0 Å². The second kappa shape index (κ2) is 6.79. The number of amides is 2. The number of nitrogens with two attached hydrogens (primary N) is 1. The number of rotatable bonds is 6. The van der Waals surface area contributed by atoms with Gasteiger partial charge in [-0.2, -0.15) is 0 Å². The molecule has 1 aliphatic rings. The number of esters is 1. The molecular weight excluding hydrogens is 258 g/mol. The van der Waals surface area contributed by atoms with Gasteiger partial charge in [-0.1, -0.05) is 12.1 Å². The number of carbonyl (C=O) groups is 2. The molecule has 1 aromatic carbocycles. The van der Waals surface area contributed by atoms with Crippen LogP contribution in [-0.2, 0) is 16.0 Å². The number of carbonyl (C=O) groups excluding carboxylic acids is 2. The van der Waals surface area contributed by atoms with Crippen molar-refractivity contribution >= 4 is 17.7 Å². The maximum Gasteiger partial charge on any atom is 0.317 e. The zero-order chi connectivity index (χ0) is 14.4. The van der Waals surface area contributed by atoms with Crippen molar-refractivity contribution < 1.29 is 14.3 Å². The highest BCUT2D eigenvalue weighted by Crippen LogP contribution is 2.09. The summed E-state index contributed by atoms with van der Waals surface area (Å²) < 4.78 is 5.11. The smallest absolute Gasteiger partial charge is 0.317 e. The number of benzene rings is 1. The summed E-state index contributed by atoms with van der Waals surface area (Å²) in [5.74, 6) is -0.257. The highest BCUT2D eigenvalue weighted by atomic mass is 16.5. The molecule has 0 atom stereocenters. The van der Waals surface area contributed by atoms with E-state index in [4.69, 9.17) is 10.5 Å². The lowest BCUT2D eigenvalue weighted by Crippen LogP contribution is -2.31. The van der Waals surface area contributed by atoms with Crippen LogP contribution in [-0.4, -0.2) is 43.1 Å². The first-order valence-corrected chi connectivity index (χ1v) is 6.68. The predicted molar refractivity (Wildman–Crippen MR) is 75.1 cm³/mol. The molecule has 20 heavy (non-hydrogen) atoms. The molecule has 0 spiro atoms. The van der Waals surface area contributed by atoms with Gasteiger partial charge in [-0.3, -0.25) is 4.79 Å². The van der Waals surface area contributed by atoms with Gasteiger partial charge < -0.3 is 20.7 Å². The highest BCUT2D eigenvalue weighted by Gasteiger charge is 2.19. The van der Waals surface area contributed by atoms with Gasteiger partial charge in [0.1, 0.15) is 6.61 Å². The molecule has 0 bridgehead atoms. The fourth-order valence-corrected chi connectivity index (χ4v) is 2.06. The van der Waals surface area contributed by atoms with E-state index >= 15 is 0 Å². The molecule has 1 aromatic rings. The second-order valence-electron chi connectivity index (χ2n) is 4.68. The first kappa shape index (κ1) is 14.2. The lowest BCUT2D eigenvalue weighted by atomic mass is 10.1. The van der Waals surface area contributed by atoms with Gasteiger partial charge in [0.05, 0.1) is 6.54 Å². The molecule has 0 unspecified atom stereocenters. The van der Waals surface area contributed by atoms with Crippen molar-refractivity contribution in [1.29, 1.82) is 0 Å². The van der Waals surface area contributed by atoms with E-state index in [1.165, 1.54) is 0 Å². The van der Waals surface area contributed by atoms with Crippen molar-refractivity contribution in [2.75, 3.05) is 32.0 Å². The Morgan fingerprint density at radius 2 is 2.30 bits per heavy atom. The average molecular weight is 277 g/mol. The minimum absolute atomic E-state index is 0.0965. The molecule has 1 fully saturated rings. The van der Waals surface area contributed by atoms with Gasteiger partial charge in [-0.05, 0) is 24.1 Å². The molecule has 3 N–H and O–H groups in total. The lowest BCUT2D eigenvalue weighted by Gasteiger charge is -2.13. The Labute approximate surface area is 117 Å². The lowest BCUT2D eigenvalue weighted by molar-refractivity contribution is -0.143. The molecule has 1 aliphatic heterocycles. The Balaban J connectivity index is 1.64. The highest BCUT2D eigenvalue weighted by molar-refractivity contribution is 5.76. The Morgan fingerprint density at radius 3 is 3.00 bits per heavy atom. The quantitative estimate of drug-likeness (QED) is 0.594. The van der Waals surface area contributed by atoms with Gasteiger partial charge in [-0.25, -0.2) is 4.79 Å². The maximum atomic E-state index is 11.6. The normalized spacial score (nSPS) is 14.2. The first-order chi connectivity index (χ1) is 9.65. The summed E-state index contributed by atoms with van der Waals surface area (Å²) in [6.07, 6.45) is 0.920. The zero-order valence-electron chi connectivity index (χ0n) is 11.3. The number of aryl methyl sites for hydroxylation is 1. The van der Waals surface area contributed by atoms with Crippen LogP contribution in [0.3, 0.4) is 0 Å². The SMILES string of the molecule is Nc1cccc(CCC(=O)OCCN2CCNC2=O)c1. The summed E-state index contributed by atoms with van der Waals surface area (Å²) in [5, 5.41) is 2.69. The molecular formula is C14H19N3O3. The largest absolute Gasteiger partial charge is 0.464 e. The van der Waals surface area contributed by atoms with Gasteiger partial charge in [0, 0.05) is 25.2 Å². The van der Waals surface area contributed by atoms with Crippen LogP contribution in [0.15, 0.2) is 24.3 Å². The summed E-state index contributed by atoms with van der Waals surface area (Å²) in [6.45, 7) is 2.00. The Hall–Kier alpha value is -2.24. The molecule has 2 rings (SSSR count). The van der Waals surface area contributed by atoms with E-state index in [1.807, 2.05) is 24.3 Å². The number of urea groups is 1. The summed E-state index contributed by atoms with van der Waals surface area (Å²) in [7, 11) is 0. The van der Waals surface area contributed by atoms with Crippen LogP contribution in [0, 0.1) is 0 Å². The minimum Gasteiger partial charge on any atom is -0.464 e. The van der Waals surface area contributed by atoms with E-state index in [2.05, 4.69) is 5.32 Å². The summed E-state index contributed by atoms with van der Waals surface area (Å²) in [4.78, 5) is 24.5. The van der Waals surface area contributed by atoms with Gasteiger partial charge >= 0.3 is 12.0 Å². The average Bonchev–Trinajstić information content (AvgIpc) is 2.82. The van der Waals surface area contributed by atoms with Crippen LogP contribution >= 0.6 is 0 Å². The molecule has 108 valence electrons. The Kier molecular flexibility index (Phi) is 4.81. The number of nitrogen functional groups attached to an aromatic ring is 1. The fourth-order valence-electron chi connectivity index (χ4n) is 2.06. The van der Waals surface area contributed by atoms with E-state index in [9.17, 15) is 9.59 Å². The Bertz CT molecular complexity index is 490. The van der Waals surface area contributed by atoms with Crippen molar-refractivity contribution in [3.63, 3.8) is 0 Å². The summed E-state index contributed by atoms with van der Waals surface area (Å²) in [5.41, 5.74) is 7.37. The molecule has 0 radical (unpaired) electrons. The predicted octanol–water partition coefficient (Wildman–Crippen LogP) is 0.770. The van der Waals surface area contributed by atoms with Crippen LogP contribution in [0.2, 0.25) is 0 Å². The second-order valence-corrected chi connectivity index (χ2v) is 4.68. The van der Waals surface area contributed by atoms with Crippen molar-refractivity contribution in [2.45, 2.75) is 12.8 Å². The third-order valence-corrected chi connectivity index (χ3v) is 3.14. The summed E-state index contributed by atoms with van der Waals surface area (Å²) in [6, 6.07) is 7.35. The van der Waals surface area contributed by atoms with E-state index in [1.54, 1.807) is 4.90 Å². The van der Waals surface area contributed by atoms with Crippen molar-refractivity contribution in [1.82, 2.24) is 10.2 Å². The first-order valence-electron chi connectivity index (χ1n) is 6.68. The number of ether oxygens (including phenoxy) is 1. The maximum absolute atomic E-state index is 11.6. The molecule has 0 aliphatic carbocycles. The molecule has 1 saturated heterocycles. The monoisotopic (exact) mass is 277 g/mol. The number of nitrogens with one attached hydrogen (secondary N) is 1. The molecule has 6 nitrogen and oxygen atoms in total. The van der Waals surface area contributed by atoms with Crippen molar-refractivity contribution in [3.05, 3.63) is 29.8 Å². The number of hydrogen-bond donors (Lipinski definition) is 2. The third-order valence-electron chi connectivity index (χ3n) is 3.14. The van der Waals surface area contributed by atoms with Crippen LogP contribution in [0.1, 0.15) is 12.0 Å². The van der Waals surface area contributed by atoms with Gasteiger partial charge in [-0.15, -0.1) is 0 Å². The van der Waals surface area contributed by atoms with Gasteiger partial charge in [0.2, 0.25) is 0 Å². The molecule has 2 amide bonds. The fraction of sp³-hybridized carbons (Fsp3) is 0.429. The Morgan fingerprint density at radius 1 is 1.45 bits per heavy atom. The number of hydrogen-bond acceptors (Lipinski definition) is 4. The summed E-state index contributed by atoms with van der Waals surface area (Å²) >= 11 is 0. The molecule has 6 heteroatoms. The molecule has 1 heterocycles. The van der Waals surface area contributed by atoms with Crippen LogP contribution < -0.4 is 11.1 Å². The topological polar surface area (TPSA) is 84.7 Å². The van der Waals surface area contributed by atoms with Crippen LogP contribution in [0.4, 0.5) is 10.5 Å². The van der Waals surface area contributed by atoms with Gasteiger partial charge in [0.25, 0.3) is 0 Å². The number of anilines is 1. The van der Waals surface area contributed by atoms with Gasteiger partial charge in [0.15, 0.2) is 0 Å². The zero-order valence-corrected chi connectivity index (χ0v) is 11.3. The number of nitrogens with zero attached hydrogens (tertiary/aromatic N) is 1. The van der Waals surface area contributed by atoms with E-state index < -0.39 is 0 Å². The van der Waals surface area contributed by atoms with Crippen LogP contribution in [0.25, 0.3) is 0 Å². The van der Waals surface area contributed by atoms with Crippen molar-refractivity contribution in [2.24, 2.45) is 0 Å². The molecule has 0 aromatic heterocycles. The van der Waals surface area contributed by atoms with E-state index in [0.29, 0.717) is 38.2 Å². The third kappa shape index (κ3) is 4.15. The van der Waals surface area contributed by atoms with E-state index in [-0.39, 0.29) is 18.6 Å². The van der Waals surface area contributed by atoms with Crippen LogP contribution in [0.5, 0.6) is 0 Å². The standard InChI is InChI=1S/C14H19N3O3/c15-12-3-1-2-11(10-12)4-5-13(18)20-9-8-17-7-6-16-14(17)19/h1-3,10H,4-9,15H2,(H,16,19). The van der Waals surface area contributed by atoms with E-state index in [0.717, 1.165) is 5.56 Å². The minimum atomic E-state index is -0.257. The molecule has 0 saturated carbocycles.